The fourth-order valence-electron chi connectivity index (χ4n) is 2.48. The monoisotopic (exact) mass is 259 g/mol. The van der Waals surface area contributed by atoms with E-state index < -0.39 is 0 Å². The fraction of sp³-hybridized carbons (Fsp3) is 0.429. The first-order valence-corrected chi connectivity index (χ1v) is 6.66. The van der Waals surface area contributed by atoms with Gasteiger partial charge in [0.25, 0.3) is 0 Å². The number of rotatable bonds is 4. The second-order valence-corrected chi connectivity index (χ2v) is 4.79. The lowest BCUT2D eigenvalue weighted by Crippen LogP contribution is -2.21. The molecule has 1 N–H and O–H groups in total. The molecule has 5 heteroatoms. The van der Waals surface area contributed by atoms with Crippen LogP contribution in [0.5, 0.6) is 0 Å². The Hall–Kier alpha value is -2.04. The molecule has 0 spiro atoms. The summed E-state index contributed by atoms with van der Waals surface area (Å²) in [7, 11) is 0. The van der Waals surface area contributed by atoms with Gasteiger partial charge < -0.3 is 14.6 Å². The van der Waals surface area contributed by atoms with E-state index in [2.05, 4.69) is 27.9 Å². The number of nitrogens with one attached hydrogen (secondary N) is 1. The first-order chi connectivity index (χ1) is 9.28. The SMILES string of the molecule is CCCc1nc2ccccc2n1CC1CNC(=O)O1. The highest BCUT2D eigenvalue weighted by Crippen LogP contribution is 2.19. The standard InChI is InChI=1S/C14H17N3O2/c1-2-5-13-16-11-6-3-4-7-12(11)17(13)9-10-8-15-14(18)19-10/h3-4,6-7,10H,2,5,8-9H2,1H3,(H,15,18). The van der Waals surface area contributed by atoms with Crippen LogP contribution in [-0.4, -0.2) is 28.3 Å². The average molecular weight is 259 g/mol. The van der Waals surface area contributed by atoms with Crippen LogP contribution in [0.1, 0.15) is 19.2 Å². The lowest BCUT2D eigenvalue weighted by Gasteiger charge is -2.12. The van der Waals surface area contributed by atoms with E-state index in [0.29, 0.717) is 13.1 Å². The van der Waals surface area contributed by atoms with Gasteiger partial charge >= 0.3 is 6.09 Å². The number of imidazole rings is 1. The van der Waals surface area contributed by atoms with Crippen LogP contribution in [0.2, 0.25) is 0 Å². The molecule has 1 unspecified atom stereocenters. The van der Waals surface area contributed by atoms with Crippen LogP contribution in [0.25, 0.3) is 11.0 Å². The number of amides is 1. The number of benzene rings is 1. The minimum absolute atomic E-state index is 0.110. The average Bonchev–Trinajstić information content (AvgIpc) is 2.96. The molecule has 1 aromatic carbocycles. The van der Waals surface area contributed by atoms with Gasteiger partial charge in [0.2, 0.25) is 0 Å². The number of aryl methyl sites for hydroxylation is 1. The Morgan fingerprint density at radius 3 is 3.05 bits per heavy atom. The normalized spacial score (nSPS) is 18.6. The van der Waals surface area contributed by atoms with E-state index >= 15 is 0 Å². The number of alkyl carbamates (subject to hydrolysis) is 1. The molecule has 0 radical (unpaired) electrons. The summed E-state index contributed by atoms with van der Waals surface area (Å²) in [5.41, 5.74) is 2.11. The highest BCUT2D eigenvalue weighted by molar-refractivity contribution is 5.76. The Kier molecular flexibility index (Phi) is 3.11. The minimum atomic E-state index is -0.327. The van der Waals surface area contributed by atoms with Gasteiger partial charge in [-0.25, -0.2) is 9.78 Å². The van der Waals surface area contributed by atoms with E-state index in [1.54, 1.807) is 0 Å². The zero-order valence-corrected chi connectivity index (χ0v) is 10.9. The number of fused-ring (bicyclic) bond motifs is 1. The number of aromatic nitrogens is 2. The van der Waals surface area contributed by atoms with Crippen LogP contribution in [0.15, 0.2) is 24.3 Å². The Morgan fingerprint density at radius 1 is 1.47 bits per heavy atom. The van der Waals surface area contributed by atoms with E-state index in [1.165, 1.54) is 0 Å². The van der Waals surface area contributed by atoms with Gasteiger partial charge in [-0.1, -0.05) is 19.1 Å². The third-order valence-electron chi connectivity index (χ3n) is 3.34. The lowest BCUT2D eigenvalue weighted by molar-refractivity contribution is 0.131. The predicted molar refractivity (Wildman–Crippen MR) is 72.0 cm³/mol. The van der Waals surface area contributed by atoms with Crippen LogP contribution >= 0.6 is 0 Å². The summed E-state index contributed by atoms with van der Waals surface area (Å²) in [6.07, 6.45) is 1.54. The van der Waals surface area contributed by atoms with Crippen molar-refractivity contribution in [3.05, 3.63) is 30.1 Å². The second kappa shape index (κ2) is 4.91. The fourth-order valence-corrected chi connectivity index (χ4v) is 2.48. The number of cyclic esters (lactones) is 1. The maximum Gasteiger partial charge on any atom is 0.407 e. The number of para-hydroxylation sites is 2. The largest absolute Gasteiger partial charge is 0.442 e. The van der Waals surface area contributed by atoms with Gasteiger partial charge in [-0.15, -0.1) is 0 Å². The number of hydrogen-bond donors (Lipinski definition) is 1. The Morgan fingerprint density at radius 2 is 2.32 bits per heavy atom. The van der Waals surface area contributed by atoms with E-state index in [-0.39, 0.29) is 12.2 Å². The van der Waals surface area contributed by atoms with E-state index in [9.17, 15) is 4.79 Å². The number of nitrogens with zero attached hydrogens (tertiary/aromatic N) is 2. The molecule has 3 rings (SSSR count). The molecular formula is C14H17N3O2. The van der Waals surface area contributed by atoms with Gasteiger partial charge in [-0.3, -0.25) is 0 Å². The third-order valence-corrected chi connectivity index (χ3v) is 3.34. The summed E-state index contributed by atoms with van der Waals surface area (Å²) < 4.78 is 7.39. The first-order valence-electron chi connectivity index (χ1n) is 6.66. The quantitative estimate of drug-likeness (QED) is 0.914. The molecule has 2 heterocycles. The maximum atomic E-state index is 11.1. The van der Waals surface area contributed by atoms with E-state index in [4.69, 9.17) is 4.74 Å². The van der Waals surface area contributed by atoms with Crippen LogP contribution in [-0.2, 0) is 17.7 Å². The van der Waals surface area contributed by atoms with Crippen LogP contribution in [0, 0.1) is 0 Å². The molecule has 100 valence electrons. The number of hydrogen-bond acceptors (Lipinski definition) is 3. The van der Waals surface area contributed by atoms with Gasteiger partial charge in [0.1, 0.15) is 11.9 Å². The van der Waals surface area contributed by atoms with Crippen molar-refractivity contribution >= 4 is 17.1 Å². The van der Waals surface area contributed by atoms with Gasteiger partial charge in [-0.05, 0) is 18.6 Å². The van der Waals surface area contributed by atoms with Crippen LogP contribution in [0.3, 0.4) is 0 Å². The maximum absolute atomic E-state index is 11.1. The van der Waals surface area contributed by atoms with Crippen molar-refractivity contribution in [2.24, 2.45) is 0 Å². The molecular weight excluding hydrogens is 242 g/mol. The van der Waals surface area contributed by atoms with Crippen LogP contribution in [0.4, 0.5) is 4.79 Å². The molecule has 1 aliphatic heterocycles. The van der Waals surface area contributed by atoms with Crippen molar-refractivity contribution in [3.63, 3.8) is 0 Å². The zero-order valence-electron chi connectivity index (χ0n) is 10.9. The van der Waals surface area contributed by atoms with Crippen molar-refractivity contribution < 1.29 is 9.53 Å². The Labute approximate surface area is 111 Å². The highest BCUT2D eigenvalue weighted by atomic mass is 16.6. The molecule has 0 saturated carbocycles. The van der Waals surface area contributed by atoms with Crippen molar-refractivity contribution in [3.8, 4) is 0 Å². The van der Waals surface area contributed by atoms with Gasteiger partial charge in [-0.2, -0.15) is 0 Å². The highest BCUT2D eigenvalue weighted by Gasteiger charge is 2.24. The molecule has 1 fully saturated rings. The molecule has 1 atom stereocenters. The van der Waals surface area contributed by atoms with Crippen LogP contribution < -0.4 is 5.32 Å². The summed E-state index contributed by atoms with van der Waals surface area (Å²) >= 11 is 0. The molecule has 1 saturated heterocycles. The van der Waals surface area contributed by atoms with Gasteiger partial charge in [0, 0.05) is 6.42 Å². The Balaban J connectivity index is 1.95. The molecule has 5 nitrogen and oxygen atoms in total. The van der Waals surface area contributed by atoms with Gasteiger partial charge in [0.15, 0.2) is 0 Å². The smallest absolute Gasteiger partial charge is 0.407 e. The number of carbonyl (C=O) groups is 1. The number of ether oxygens (including phenoxy) is 1. The van der Waals surface area contributed by atoms with Gasteiger partial charge in [0.05, 0.1) is 24.1 Å². The predicted octanol–water partition coefficient (Wildman–Crippen LogP) is 2.10. The minimum Gasteiger partial charge on any atom is -0.442 e. The lowest BCUT2D eigenvalue weighted by atomic mass is 10.3. The molecule has 1 aromatic heterocycles. The van der Waals surface area contributed by atoms with E-state index in [1.807, 2.05) is 18.2 Å². The van der Waals surface area contributed by atoms with Crippen molar-refractivity contribution in [1.82, 2.24) is 14.9 Å². The summed E-state index contributed by atoms with van der Waals surface area (Å²) in [5.74, 6) is 1.06. The molecule has 0 bridgehead atoms. The molecule has 0 aliphatic carbocycles. The topological polar surface area (TPSA) is 56.2 Å². The molecule has 2 aromatic rings. The summed E-state index contributed by atoms with van der Waals surface area (Å²) in [6, 6.07) is 8.08. The molecule has 1 aliphatic rings. The first kappa shape index (κ1) is 12.0. The number of carbonyl (C=O) groups excluding carboxylic acids is 1. The van der Waals surface area contributed by atoms with Crippen molar-refractivity contribution in [2.45, 2.75) is 32.4 Å². The Bertz CT molecular complexity index is 606. The molecule has 19 heavy (non-hydrogen) atoms. The van der Waals surface area contributed by atoms with E-state index in [0.717, 1.165) is 29.7 Å². The van der Waals surface area contributed by atoms with Crippen molar-refractivity contribution in [1.29, 1.82) is 0 Å². The van der Waals surface area contributed by atoms with Crippen molar-refractivity contribution in [2.75, 3.05) is 6.54 Å². The summed E-state index contributed by atoms with van der Waals surface area (Å²) in [5, 5.41) is 2.69. The summed E-state index contributed by atoms with van der Waals surface area (Å²) in [6.45, 7) is 3.37. The third kappa shape index (κ3) is 2.28. The summed E-state index contributed by atoms with van der Waals surface area (Å²) in [4.78, 5) is 15.8. The molecule has 1 amide bonds. The zero-order chi connectivity index (χ0) is 13.2. The second-order valence-electron chi connectivity index (χ2n) is 4.79.